The Labute approximate surface area is 155 Å². The number of rotatable bonds is 7. The largest absolute Gasteiger partial charge is 0.465 e. The highest BCUT2D eigenvalue weighted by Crippen LogP contribution is 2.19. The number of hydrogen-bond acceptors (Lipinski definition) is 7. The van der Waals surface area contributed by atoms with Crippen LogP contribution in [0.3, 0.4) is 0 Å². The zero-order valence-electron chi connectivity index (χ0n) is 14.6. The Bertz CT molecular complexity index is 918. The summed E-state index contributed by atoms with van der Waals surface area (Å²) in [5, 5.41) is 14.0. The predicted molar refractivity (Wildman–Crippen MR) is 99.5 cm³/mol. The molecule has 0 aliphatic rings. The van der Waals surface area contributed by atoms with Gasteiger partial charge in [0.25, 0.3) is 0 Å². The van der Waals surface area contributed by atoms with Gasteiger partial charge in [0, 0.05) is 6.54 Å². The Hall–Kier alpha value is -3.55. The third kappa shape index (κ3) is 4.97. The summed E-state index contributed by atoms with van der Waals surface area (Å²) >= 11 is 0. The monoisotopic (exact) mass is 367 g/mol. The molecule has 7 nitrogen and oxygen atoms in total. The fourth-order valence-corrected chi connectivity index (χ4v) is 2.43. The molecule has 8 heteroatoms. The minimum atomic E-state index is -0.459. The number of ether oxygens (including phenoxy) is 1. The number of esters is 1. The highest BCUT2D eigenvalue weighted by atomic mass is 19.1. The number of carbonyl (C=O) groups excluding carboxylic acids is 1. The van der Waals surface area contributed by atoms with Gasteiger partial charge in [0.1, 0.15) is 5.82 Å². The molecule has 0 saturated heterocycles. The molecule has 0 atom stereocenters. The number of nitrogens with zero attached hydrogens (tertiary/aromatic N) is 3. The molecule has 0 aliphatic heterocycles. The molecule has 3 rings (SSSR count). The van der Waals surface area contributed by atoms with Crippen molar-refractivity contribution in [2.45, 2.75) is 6.42 Å². The topological polar surface area (TPSA) is 89.0 Å². The molecule has 0 unspecified atom stereocenters. The maximum Gasteiger partial charge on any atom is 0.339 e. The van der Waals surface area contributed by atoms with Crippen LogP contribution in [0.2, 0.25) is 0 Å². The molecule has 1 heterocycles. The van der Waals surface area contributed by atoms with Crippen LogP contribution < -0.4 is 10.6 Å². The fraction of sp³-hybridized carbons (Fsp3) is 0.158. The van der Waals surface area contributed by atoms with E-state index in [1.165, 1.54) is 25.4 Å². The van der Waals surface area contributed by atoms with E-state index in [1.54, 1.807) is 36.4 Å². The van der Waals surface area contributed by atoms with Crippen LogP contribution in [-0.2, 0) is 11.2 Å². The summed E-state index contributed by atoms with van der Waals surface area (Å²) in [6, 6.07) is 13.2. The van der Waals surface area contributed by atoms with Crippen molar-refractivity contribution in [1.29, 1.82) is 0 Å². The lowest BCUT2D eigenvalue weighted by Crippen LogP contribution is -2.10. The van der Waals surface area contributed by atoms with Gasteiger partial charge < -0.3 is 15.4 Å². The second kappa shape index (κ2) is 8.70. The summed E-state index contributed by atoms with van der Waals surface area (Å²) in [6.45, 7) is 0.600. The predicted octanol–water partition coefficient (Wildman–Crippen LogP) is 3.20. The van der Waals surface area contributed by atoms with Gasteiger partial charge in [0.2, 0.25) is 5.95 Å². The molecule has 2 aromatic carbocycles. The molecule has 2 N–H and O–H groups in total. The van der Waals surface area contributed by atoms with Crippen molar-refractivity contribution in [3.8, 4) is 0 Å². The normalized spacial score (nSPS) is 10.3. The first-order chi connectivity index (χ1) is 13.2. The molecule has 3 aromatic rings. The molecule has 0 aliphatic carbocycles. The fourth-order valence-electron chi connectivity index (χ4n) is 2.43. The molecule has 0 bridgehead atoms. The van der Waals surface area contributed by atoms with Crippen molar-refractivity contribution >= 4 is 23.4 Å². The lowest BCUT2D eigenvalue weighted by molar-refractivity contribution is 0.0602. The lowest BCUT2D eigenvalue weighted by Gasteiger charge is -2.10. The van der Waals surface area contributed by atoms with Crippen LogP contribution in [0.1, 0.15) is 15.9 Å². The van der Waals surface area contributed by atoms with Crippen LogP contribution in [0.25, 0.3) is 0 Å². The summed E-state index contributed by atoms with van der Waals surface area (Å²) < 4.78 is 17.7. The highest BCUT2D eigenvalue weighted by molar-refractivity contribution is 5.96. The van der Waals surface area contributed by atoms with Gasteiger partial charge in [-0.25, -0.2) is 9.18 Å². The van der Waals surface area contributed by atoms with Gasteiger partial charge in [-0.05, 0) is 36.2 Å². The van der Waals surface area contributed by atoms with Crippen LogP contribution in [0, 0.1) is 5.82 Å². The van der Waals surface area contributed by atoms with Crippen molar-refractivity contribution in [2.75, 3.05) is 24.3 Å². The number of aromatic nitrogens is 3. The molecular weight excluding hydrogens is 349 g/mol. The van der Waals surface area contributed by atoms with Crippen LogP contribution in [0.4, 0.5) is 21.8 Å². The first kappa shape index (κ1) is 18.2. The smallest absolute Gasteiger partial charge is 0.339 e. The average molecular weight is 367 g/mol. The quantitative estimate of drug-likeness (QED) is 0.620. The van der Waals surface area contributed by atoms with Crippen molar-refractivity contribution in [3.05, 3.63) is 71.7 Å². The average Bonchev–Trinajstić information content (AvgIpc) is 2.70. The number of anilines is 3. The summed E-state index contributed by atoms with van der Waals surface area (Å²) in [4.78, 5) is 16.2. The van der Waals surface area contributed by atoms with Crippen LogP contribution >= 0.6 is 0 Å². The Morgan fingerprint density at radius 1 is 1.15 bits per heavy atom. The Morgan fingerprint density at radius 3 is 2.70 bits per heavy atom. The van der Waals surface area contributed by atoms with E-state index in [-0.39, 0.29) is 11.8 Å². The molecular formula is C19H18FN5O2. The molecule has 0 saturated carbocycles. The Morgan fingerprint density at radius 2 is 1.93 bits per heavy atom. The van der Waals surface area contributed by atoms with Gasteiger partial charge >= 0.3 is 5.97 Å². The molecule has 0 spiro atoms. The molecule has 0 fully saturated rings. The van der Waals surface area contributed by atoms with Crippen LogP contribution in [0.15, 0.2) is 54.7 Å². The van der Waals surface area contributed by atoms with E-state index < -0.39 is 5.97 Å². The van der Waals surface area contributed by atoms with E-state index in [2.05, 4.69) is 25.8 Å². The van der Waals surface area contributed by atoms with E-state index >= 15 is 0 Å². The van der Waals surface area contributed by atoms with Gasteiger partial charge in [-0.1, -0.05) is 24.3 Å². The third-order valence-corrected chi connectivity index (χ3v) is 3.77. The number of benzene rings is 2. The van der Waals surface area contributed by atoms with Gasteiger partial charge in [0.15, 0.2) is 5.82 Å². The summed E-state index contributed by atoms with van der Waals surface area (Å²) in [6.07, 6.45) is 2.21. The van der Waals surface area contributed by atoms with E-state index in [9.17, 15) is 9.18 Å². The van der Waals surface area contributed by atoms with E-state index in [4.69, 9.17) is 4.74 Å². The first-order valence-electron chi connectivity index (χ1n) is 8.28. The maximum absolute atomic E-state index is 12.9. The summed E-state index contributed by atoms with van der Waals surface area (Å²) in [7, 11) is 1.32. The Kier molecular flexibility index (Phi) is 5.88. The number of hydrogen-bond donors (Lipinski definition) is 2. The molecule has 27 heavy (non-hydrogen) atoms. The summed E-state index contributed by atoms with van der Waals surface area (Å²) in [5.74, 6) is 0.0672. The summed E-state index contributed by atoms with van der Waals surface area (Å²) in [5.41, 5.74) is 1.91. The van der Waals surface area contributed by atoms with Crippen LogP contribution in [-0.4, -0.2) is 34.8 Å². The molecule has 138 valence electrons. The van der Waals surface area contributed by atoms with E-state index in [0.717, 1.165) is 5.56 Å². The van der Waals surface area contributed by atoms with Gasteiger partial charge in [-0.3, -0.25) is 0 Å². The first-order valence-corrected chi connectivity index (χ1v) is 8.28. The van der Waals surface area contributed by atoms with Crippen LogP contribution in [0.5, 0.6) is 0 Å². The van der Waals surface area contributed by atoms with Crippen molar-refractivity contribution in [1.82, 2.24) is 15.2 Å². The zero-order valence-corrected chi connectivity index (χ0v) is 14.6. The zero-order chi connectivity index (χ0) is 19.1. The van der Waals surface area contributed by atoms with Crippen molar-refractivity contribution in [2.24, 2.45) is 0 Å². The number of halogens is 1. The van der Waals surface area contributed by atoms with Crippen molar-refractivity contribution in [3.63, 3.8) is 0 Å². The number of carbonyl (C=O) groups is 1. The minimum Gasteiger partial charge on any atom is -0.465 e. The maximum atomic E-state index is 12.9. The number of methoxy groups -OCH3 is 1. The van der Waals surface area contributed by atoms with Gasteiger partial charge in [0.05, 0.1) is 24.6 Å². The molecule has 0 radical (unpaired) electrons. The van der Waals surface area contributed by atoms with Gasteiger partial charge in [-0.2, -0.15) is 10.1 Å². The third-order valence-electron chi connectivity index (χ3n) is 3.77. The number of nitrogens with one attached hydrogen (secondary N) is 2. The lowest BCUT2D eigenvalue weighted by atomic mass is 10.1. The molecule has 1 aromatic heterocycles. The second-order valence-electron chi connectivity index (χ2n) is 5.63. The van der Waals surface area contributed by atoms with E-state index in [1.807, 2.05) is 0 Å². The molecule has 0 amide bonds. The Balaban J connectivity index is 1.64. The highest BCUT2D eigenvalue weighted by Gasteiger charge is 2.12. The second-order valence-corrected chi connectivity index (χ2v) is 5.63. The van der Waals surface area contributed by atoms with Crippen molar-refractivity contribution < 1.29 is 13.9 Å². The van der Waals surface area contributed by atoms with E-state index in [0.29, 0.717) is 30.0 Å². The number of para-hydroxylation sites is 1. The minimum absolute atomic E-state index is 0.248. The SMILES string of the molecule is COC(=O)c1ccccc1Nc1nncc(NCCc2ccc(F)cc2)n1. The van der Waals surface area contributed by atoms with Gasteiger partial charge in [-0.15, -0.1) is 5.10 Å². The standard InChI is InChI=1S/C19H18FN5O2/c1-27-18(26)15-4-2-3-5-16(15)23-19-24-17(12-22-25-19)21-11-10-13-6-8-14(20)9-7-13/h2-9,12H,10-11H2,1H3,(H2,21,23,24,25).